The second-order valence-corrected chi connectivity index (χ2v) is 5.46. The summed E-state index contributed by atoms with van der Waals surface area (Å²) in [4.78, 5) is 28.1. The number of fused-ring (bicyclic) bond motifs is 1. The maximum Gasteiger partial charge on any atom is 0.261 e. The zero-order valence-corrected chi connectivity index (χ0v) is 11.6. The molecule has 5 nitrogen and oxygen atoms in total. The Kier molecular flexibility index (Phi) is 3.54. The highest BCUT2D eigenvalue weighted by Crippen LogP contribution is 2.22. The first-order chi connectivity index (χ1) is 9.66. The van der Waals surface area contributed by atoms with Gasteiger partial charge in [0.1, 0.15) is 0 Å². The summed E-state index contributed by atoms with van der Waals surface area (Å²) in [5.74, 6) is -0.317. The predicted octanol–water partition coefficient (Wildman–Crippen LogP) is 0.576. The van der Waals surface area contributed by atoms with Gasteiger partial charge in [-0.3, -0.25) is 19.4 Å². The van der Waals surface area contributed by atoms with Crippen LogP contribution in [0.15, 0.2) is 24.3 Å². The van der Waals surface area contributed by atoms with Crippen molar-refractivity contribution in [2.24, 2.45) is 0 Å². The molecule has 20 heavy (non-hydrogen) atoms. The van der Waals surface area contributed by atoms with Crippen LogP contribution in [0, 0.1) is 0 Å². The third kappa shape index (κ3) is 2.34. The van der Waals surface area contributed by atoms with E-state index in [2.05, 4.69) is 17.1 Å². The second kappa shape index (κ2) is 5.34. The molecule has 1 unspecified atom stereocenters. The number of imide groups is 1. The van der Waals surface area contributed by atoms with E-state index >= 15 is 0 Å². The summed E-state index contributed by atoms with van der Waals surface area (Å²) in [7, 11) is 0. The molecule has 0 aromatic heterocycles. The second-order valence-electron chi connectivity index (χ2n) is 5.46. The monoisotopic (exact) mass is 273 g/mol. The molecule has 0 bridgehead atoms. The summed E-state index contributed by atoms with van der Waals surface area (Å²) in [6, 6.07) is 7.51. The molecule has 3 rings (SSSR count). The summed E-state index contributed by atoms with van der Waals surface area (Å²) in [5, 5.41) is 3.38. The smallest absolute Gasteiger partial charge is 0.261 e. The molecular weight excluding hydrogens is 254 g/mol. The third-order valence-corrected chi connectivity index (χ3v) is 3.97. The fraction of sp³-hybridized carbons (Fsp3) is 0.467. The van der Waals surface area contributed by atoms with Gasteiger partial charge in [-0.1, -0.05) is 12.1 Å². The first-order valence-corrected chi connectivity index (χ1v) is 7.08. The SMILES string of the molecule is CC1CN(CCN2C(=O)c3ccccc3C2=O)CCN1. The average Bonchev–Trinajstić information content (AvgIpc) is 2.70. The van der Waals surface area contributed by atoms with Crippen LogP contribution in [0.2, 0.25) is 0 Å². The maximum absolute atomic E-state index is 12.2. The van der Waals surface area contributed by atoms with E-state index < -0.39 is 0 Å². The van der Waals surface area contributed by atoms with Crippen LogP contribution < -0.4 is 5.32 Å². The molecule has 0 aliphatic carbocycles. The first kappa shape index (κ1) is 13.3. The summed E-state index contributed by atoms with van der Waals surface area (Å²) in [6.07, 6.45) is 0. The van der Waals surface area contributed by atoms with Gasteiger partial charge < -0.3 is 5.32 Å². The third-order valence-electron chi connectivity index (χ3n) is 3.97. The van der Waals surface area contributed by atoms with Gasteiger partial charge in [-0.05, 0) is 19.1 Å². The van der Waals surface area contributed by atoms with Gasteiger partial charge in [0.05, 0.1) is 11.1 Å². The van der Waals surface area contributed by atoms with Gasteiger partial charge >= 0.3 is 0 Å². The fourth-order valence-electron chi connectivity index (χ4n) is 2.90. The molecule has 1 N–H and O–H groups in total. The van der Waals surface area contributed by atoms with Crippen molar-refractivity contribution in [1.29, 1.82) is 0 Å². The van der Waals surface area contributed by atoms with Crippen LogP contribution in [-0.4, -0.2) is 60.4 Å². The van der Waals surface area contributed by atoms with Crippen molar-refractivity contribution in [3.05, 3.63) is 35.4 Å². The molecule has 5 heteroatoms. The van der Waals surface area contributed by atoms with E-state index in [1.807, 2.05) is 0 Å². The lowest BCUT2D eigenvalue weighted by Crippen LogP contribution is -2.51. The molecule has 106 valence electrons. The molecule has 0 radical (unpaired) electrons. The largest absolute Gasteiger partial charge is 0.312 e. The van der Waals surface area contributed by atoms with E-state index in [9.17, 15) is 9.59 Å². The molecule has 1 fully saturated rings. The molecule has 2 aliphatic rings. The Bertz CT molecular complexity index is 509. The lowest BCUT2D eigenvalue weighted by atomic mass is 10.1. The molecule has 1 aromatic carbocycles. The Morgan fingerprint density at radius 3 is 2.40 bits per heavy atom. The molecule has 0 spiro atoms. The highest BCUT2D eigenvalue weighted by Gasteiger charge is 2.35. The summed E-state index contributed by atoms with van der Waals surface area (Å²) in [6.45, 7) is 6.25. The fourth-order valence-corrected chi connectivity index (χ4v) is 2.90. The van der Waals surface area contributed by atoms with Crippen molar-refractivity contribution < 1.29 is 9.59 Å². The summed E-state index contributed by atoms with van der Waals surface area (Å²) < 4.78 is 0. The van der Waals surface area contributed by atoms with Crippen LogP contribution >= 0.6 is 0 Å². The van der Waals surface area contributed by atoms with Crippen molar-refractivity contribution in [3.8, 4) is 0 Å². The molecule has 2 aliphatic heterocycles. The minimum atomic E-state index is -0.159. The van der Waals surface area contributed by atoms with Crippen LogP contribution in [0.3, 0.4) is 0 Å². The number of carbonyl (C=O) groups excluding carboxylic acids is 2. The normalized spacial score (nSPS) is 23.2. The van der Waals surface area contributed by atoms with Gasteiger partial charge in [-0.15, -0.1) is 0 Å². The number of nitrogens with one attached hydrogen (secondary N) is 1. The van der Waals surface area contributed by atoms with Gasteiger partial charge in [-0.25, -0.2) is 0 Å². The summed E-state index contributed by atoms with van der Waals surface area (Å²) >= 11 is 0. The molecule has 0 saturated carbocycles. The van der Waals surface area contributed by atoms with E-state index in [1.165, 1.54) is 4.90 Å². The minimum Gasteiger partial charge on any atom is -0.312 e. The van der Waals surface area contributed by atoms with Gasteiger partial charge in [-0.2, -0.15) is 0 Å². The number of hydrogen-bond acceptors (Lipinski definition) is 4. The van der Waals surface area contributed by atoms with E-state index in [-0.39, 0.29) is 11.8 Å². The van der Waals surface area contributed by atoms with Crippen LogP contribution in [0.5, 0.6) is 0 Å². The Labute approximate surface area is 118 Å². The zero-order chi connectivity index (χ0) is 14.1. The van der Waals surface area contributed by atoms with Crippen LogP contribution in [0.4, 0.5) is 0 Å². The van der Waals surface area contributed by atoms with E-state index in [1.54, 1.807) is 24.3 Å². The highest BCUT2D eigenvalue weighted by atomic mass is 16.2. The van der Waals surface area contributed by atoms with E-state index in [0.29, 0.717) is 23.7 Å². The lowest BCUT2D eigenvalue weighted by molar-refractivity contribution is 0.0630. The van der Waals surface area contributed by atoms with Crippen molar-refractivity contribution in [2.75, 3.05) is 32.7 Å². The molecule has 1 saturated heterocycles. The van der Waals surface area contributed by atoms with Crippen molar-refractivity contribution >= 4 is 11.8 Å². The Balaban J connectivity index is 1.65. The zero-order valence-electron chi connectivity index (χ0n) is 11.6. The van der Waals surface area contributed by atoms with Crippen molar-refractivity contribution in [3.63, 3.8) is 0 Å². The number of rotatable bonds is 3. The van der Waals surface area contributed by atoms with E-state index in [0.717, 1.165) is 26.2 Å². The van der Waals surface area contributed by atoms with Gasteiger partial charge in [0, 0.05) is 38.8 Å². The quantitative estimate of drug-likeness (QED) is 0.818. The number of benzene rings is 1. The van der Waals surface area contributed by atoms with E-state index in [4.69, 9.17) is 0 Å². The predicted molar refractivity (Wildman–Crippen MR) is 75.7 cm³/mol. The number of hydrogen-bond donors (Lipinski definition) is 1. The number of nitrogens with zero attached hydrogens (tertiary/aromatic N) is 2. The van der Waals surface area contributed by atoms with Crippen molar-refractivity contribution in [2.45, 2.75) is 13.0 Å². The summed E-state index contributed by atoms with van der Waals surface area (Å²) in [5.41, 5.74) is 1.07. The Hall–Kier alpha value is -1.72. The molecule has 1 atom stereocenters. The lowest BCUT2D eigenvalue weighted by Gasteiger charge is -2.32. The van der Waals surface area contributed by atoms with Crippen molar-refractivity contribution in [1.82, 2.24) is 15.1 Å². The Morgan fingerprint density at radius 2 is 1.80 bits per heavy atom. The number of piperazine rings is 1. The molecule has 1 aromatic rings. The van der Waals surface area contributed by atoms with Gasteiger partial charge in [0.25, 0.3) is 11.8 Å². The van der Waals surface area contributed by atoms with Gasteiger partial charge in [0.2, 0.25) is 0 Å². The topological polar surface area (TPSA) is 52.7 Å². The van der Waals surface area contributed by atoms with Crippen LogP contribution in [-0.2, 0) is 0 Å². The number of amides is 2. The molecule has 2 heterocycles. The van der Waals surface area contributed by atoms with Gasteiger partial charge in [0.15, 0.2) is 0 Å². The average molecular weight is 273 g/mol. The molecule has 2 amide bonds. The Morgan fingerprint density at radius 1 is 1.15 bits per heavy atom. The standard InChI is InChI=1S/C15H19N3O2/c1-11-10-17(7-6-16-11)8-9-18-14(19)12-4-2-3-5-13(12)15(18)20/h2-5,11,16H,6-10H2,1H3. The minimum absolute atomic E-state index is 0.159. The number of carbonyl (C=O) groups is 2. The highest BCUT2D eigenvalue weighted by molar-refractivity contribution is 6.21. The maximum atomic E-state index is 12.2. The van der Waals surface area contributed by atoms with Crippen LogP contribution in [0.1, 0.15) is 27.6 Å². The molecular formula is C15H19N3O2. The van der Waals surface area contributed by atoms with Crippen LogP contribution in [0.25, 0.3) is 0 Å². The first-order valence-electron chi connectivity index (χ1n) is 7.08.